The smallest absolute Gasteiger partial charge is 0.409 e. The summed E-state index contributed by atoms with van der Waals surface area (Å²) in [6.45, 7) is 3.91. The zero-order valence-corrected chi connectivity index (χ0v) is 10.6. The first-order valence-electron chi connectivity index (χ1n) is 5.17. The minimum Gasteiger partial charge on any atom is -0.449 e. The first-order chi connectivity index (χ1) is 7.27. The molecule has 0 aromatic rings. The van der Waals surface area contributed by atoms with Crippen LogP contribution >= 0.6 is 0 Å². The number of rotatable bonds is 3. The van der Waals surface area contributed by atoms with Gasteiger partial charge in [-0.1, -0.05) is 22.8 Å². The first kappa shape index (κ1) is 12.7. The maximum atomic E-state index is 11.5. The van der Waals surface area contributed by atoms with E-state index in [9.17, 15) is 9.00 Å². The van der Waals surface area contributed by atoms with Gasteiger partial charge in [0.2, 0.25) is 0 Å². The van der Waals surface area contributed by atoms with E-state index in [-0.39, 0.29) is 15.5 Å². The largest absolute Gasteiger partial charge is 0.449 e. The fourth-order valence-corrected chi connectivity index (χ4v) is 3.33. The second-order valence-electron chi connectivity index (χ2n) is 3.37. The van der Waals surface area contributed by atoms with E-state index in [2.05, 4.69) is 6.92 Å². The molecule has 0 saturated carbocycles. The molecule has 1 saturated heterocycles. The maximum Gasteiger partial charge on any atom is 0.409 e. The molecule has 0 N–H and O–H groups in total. The lowest BCUT2D eigenvalue weighted by Gasteiger charge is -2.26. The number of amides is 1. The van der Waals surface area contributed by atoms with Gasteiger partial charge in [0.25, 0.3) is 0 Å². The quantitative estimate of drug-likeness (QED) is 0.703. The molecule has 6 heteroatoms. The molecule has 88 valence electrons. The van der Waals surface area contributed by atoms with Crippen LogP contribution in [0.1, 0.15) is 19.8 Å². The Bertz CT molecular complexity index is 267. The van der Waals surface area contributed by atoms with E-state index in [0.29, 0.717) is 29.9 Å². The third-order valence-corrected chi connectivity index (χ3v) is 5.30. The van der Waals surface area contributed by atoms with Gasteiger partial charge in [-0.15, -0.1) is 0 Å². The van der Waals surface area contributed by atoms with Crippen LogP contribution in [-0.4, -0.2) is 46.4 Å². The van der Waals surface area contributed by atoms with Crippen molar-refractivity contribution in [3.05, 3.63) is 0 Å². The van der Waals surface area contributed by atoms with Crippen LogP contribution in [0.3, 0.4) is 0 Å². The van der Waals surface area contributed by atoms with Crippen LogP contribution < -0.4 is 0 Å². The molecule has 1 amide bonds. The fourth-order valence-electron chi connectivity index (χ4n) is 1.28. The van der Waals surface area contributed by atoms with Gasteiger partial charge in [0, 0.05) is 24.6 Å². The van der Waals surface area contributed by atoms with Gasteiger partial charge in [-0.3, -0.25) is 0 Å². The Morgan fingerprint density at radius 3 is 2.67 bits per heavy atom. The fraction of sp³-hybridized carbons (Fsp3) is 0.889. The summed E-state index contributed by atoms with van der Waals surface area (Å²) in [5.41, 5.74) is 0. The van der Waals surface area contributed by atoms with Gasteiger partial charge in [0.1, 0.15) is 10.2 Å². The van der Waals surface area contributed by atoms with Crippen LogP contribution in [-0.2, 0) is 24.4 Å². The number of hydrogen-bond acceptors (Lipinski definition) is 3. The molecule has 0 atom stereocenters. The Morgan fingerprint density at radius 2 is 2.13 bits per heavy atom. The first-order valence-corrected chi connectivity index (χ1v) is 7.99. The van der Waals surface area contributed by atoms with Crippen LogP contribution in [0.4, 0.5) is 4.79 Å². The number of carbonyl (C=O) groups is 1. The van der Waals surface area contributed by atoms with Gasteiger partial charge in [0.15, 0.2) is 0 Å². The van der Waals surface area contributed by atoms with Crippen molar-refractivity contribution < 1.29 is 13.7 Å². The summed E-state index contributed by atoms with van der Waals surface area (Å²) >= 11 is 0. The van der Waals surface area contributed by atoms with Gasteiger partial charge in [-0.2, -0.15) is 0 Å². The lowest BCUT2D eigenvalue weighted by Crippen LogP contribution is -2.42. The molecule has 1 fully saturated rings. The van der Waals surface area contributed by atoms with Gasteiger partial charge in [0.05, 0.1) is 6.61 Å². The number of ether oxygens (including phenoxy) is 1. The highest BCUT2D eigenvalue weighted by Gasteiger charge is 2.19. The van der Waals surface area contributed by atoms with Gasteiger partial charge < -0.3 is 9.64 Å². The van der Waals surface area contributed by atoms with Crippen LogP contribution in [0.25, 0.3) is 0 Å². The molecule has 4 nitrogen and oxygen atoms in total. The Hall–Kier alpha value is -0.360. The zero-order valence-electron chi connectivity index (χ0n) is 8.94. The molecule has 0 aliphatic carbocycles. The maximum absolute atomic E-state index is 11.5. The van der Waals surface area contributed by atoms with E-state index >= 15 is 0 Å². The highest BCUT2D eigenvalue weighted by molar-refractivity contribution is 8.31. The molecule has 0 radical (unpaired) electrons. The lowest BCUT2D eigenvalue weighted by molar-refractivity contribution is 0.105. The van der Waals surface area contributed by atoms with Crippen molar-refractivity contribution in [1.82, 2.24) is 4.90 Å². The molecule has 0 bridgehead atoms. The summed E-state index contributed by atoms with van der Waals surface area (Å²) in [7, 11) is 0.595. The molecule has 0 unspecified atom stereocenters. The van der Waals surface area contributed by atoms with E-state index < -0.39 is 0 Å². The standard InChI is InChI=1S/C9H17NO3S2/c1-2-3-6-13-9(11)10-4-7-15(14-12)8-5-10/h2-8H2,1H3. The topological polar surface area (TPSA) is 46.6 Å². The molecule has 0 aromatic heterocycles. The van der Waals surface area contributed by atoms with Crippen LogP contribution in [0.15, 0.2) is 0 Å². The van der Waals surface area contributed by atoms with Crippen molar-refractivity contribution in [3.63, 3.8) is 0 Å². The second kappa shape index (κ2) is 7.00. The number of carbonyl (C=O) groups excluding carboxylic acids is 1. The Balaban J connectivity index is 2.27. The molecular formula is C9H17NO3S2. The summed E-state index contributed by atoms with van der Waals surface area (Å²) < 4.78 is 15.7. The van der Waals surface area contributed by atoms with Gasteiger partial charge in [-0.05, 0) is 6.42 Å². The minimum atomic E-state index is -0.220. The zero-order chi connectivity index (χ0) is 11.1. The predicted octanol–water partition coefficient (Wildman–Crippen LogP) is 0.985. The van der Waals surface area contributed by atoms with E-state index in [0.717, 1.165) is 24.3 Å². The van der Waals surface area contributed by atoms with Crippen LogP contribution in [0.5, 0.6) is 0 Å². The predicted molar refractivity (Wildman–Crippen MR) is 63.1 cm³/mol. The molecule has 0 spiro atoms. The van der Waals surface area contributed by atoms with Crippen molar-refractivity contribution >= 4 is 25.8 Å². The van der Waals surface area contributed by atoms with E-state index in [4.69, 9.17) is 4.74 Å². The van der Waals surface area contributed by atoms with Crippen molar-refractivity contribution in [3.8, 4) is 0 Å². The highest BCUT2D eigenvalue weighted by Crippen LogP contribution is 2.03. The highest BCUT2D eigenvalue weighted by atomic mass is 32.8. The van der Waals surface area contributed by atoms with Crippen LogP contribution in [0.2, 0.25) is 0 Å². The molecule has 1 heterocycles. The molecule has 1 aliphatic rings. The molecule has 1 aliphatic heterocycles. The summed E-state index contributed by atoms with van der Waals surface area (Å²) in [5, 5.41) is 0. The Morgan fingerprint density at radius 1 is 1.47 bits per heavy atom. The van der Waals surface area contributed by atoms with Gasteiger partial charge >= 0.3 is 6.09 Å². The van der Waals surface area contributed by atoms with Crippen LogP contribution in [0, 0.1) is 0 Å². The molecule has 0 aromatic carbocycles. The molecule has 1 rings (SSSR count). The van der Waals surface area contributed by atoms with Gasteiger partial charge in [-0.25, -0.2) is 9.00 Å². The average molecular weight is 251 g/mol. The number of unbranched alkanes of at least 4 members (excludes halogenated alkanes) is 1. The third-order valence-electron chi connectivity index (χ3n) is 2.26. The summed E-state index contributed by atoms with van der Waals surface area (Å²) in [5.74, 6) is 1.63. The van der Waals surface area contributed by atoms with E-state index in [1.165, 1.54) is 0 Å². The number of nitrogens with zero attached hydrogens (tertiary/aromatic N) is 1. The Labute approximate surface area is 95.6 Å². The molecule has 15 heavy (non-hydrogen) atoms. The van der Waals surface area contributed by atoms with Crippen molar-refractivity contribution in [2.75, 3.05) is 31.2 Å². The van der Waals surface area contributed by atoms with Crippen molar-refractivity contribution in [1.29, 1.82) is 0 Å². The summed E-state index contributed by atoms with van der Waals surface area (Å²) in [6, 6.07) is 0. The monoisotopic (exact) mass is 251 g/mol. The lowest BCUT2D eigenvalue weighted by atomic mass is 10.4. The van der Waals surface area contributed by atoms with Crippen molar-refractivity contribution in [2.24, 2.45) is 0 Å². The summed E-state index contributed by atoms with van der Waals surface area (Å²) in [6.07, 6.45) is 1.73. The van der Waals surface area contributed by atoms with Crippen molar-refractivity contribution in [2.45, 2.75) is 19.8 Å². The van der Waals surface area contributed by atoms with E-state index in [1.54, 1.807) is 4.90 Å². The Kier molecular flexibility index (Phi) is 5.93. The SMILES string of the molecule is CCCCOC(=O)N1CCS(=S=O)CC1. The number of hydrogen-bond donors (Lipinski definition) is 0. The second-order valence-corrected chi connectivity index (χ2v) is 7.03. The molecular weight excluding hydrogens is 234 g/mol. The third kappa shape index (κ3) is 4.34. The summed E-state index contributed by atoms with van der Waals surface area (Å²) in [4.78, 5) is 13.2. The normalized spacial score (nSPS) is 17.5. The average Bonchev–Trinajstić information content (AvgIpc) is 2.29. The van der Waals surface area contributed by atoms with E-state index in [1.807, 2.05) is 0 Å². The minimum absolute atomic E-state index is 0.0845.